The number of thioether (sulfide) groups is 1. The van der Waals surface area contributed by atoms with E-state index < -0.39 is 0 Å². The van der Waals surface area contributed by atoms with E-state index in [0.717, 1.165) is 22.4 Å². The maximum absolute atomic E-state index is 12.1. The number of carbonyl (C=O) groups is 1. The Hall–Kier alpha value is -1.49. The van der Waals surface area contributed by atoms with Crippen molar-refractivity contribution in [2.24, 2.45) is 0 Å². The van der Waals surface area contributed by atoms with Crippen LogP contribution >= 0.6 is 23.4 Å². The van der Waals surface area contributed by atoms with Gasteiger partial charge < -0.3 is 10.4 Å². The zero-order valence-corrected chi connectivity index (χ0v) is 14.5. The lowest BCUT2D eigenvalue weighted by Crippen LogP contribution is -2.30. The van der Waals surface area contributed by atoms with Crippen LogP contribution in [-0.4, -0.2) is 16.3 Å². The predicted octanol–water partition coefficient (Wildman–Crippen LogP) is 3.77. The van der Waals surface area contributed by atoms with Gasteiger partial charge in [-0.1, -0.05) is 48.0 Å². The second kappa shape index (κ2) is 8.96. The maximum atomic E-state index is 12.1. The van der Waals surface area contributed by atoms with Gasteiger partial charge in [0.05, 0.1) is 11.9 Å². The molecular formula is C18H20ClNO2S. The zero-order valence-electron chi connectivity index (χ0n) is 13.0. The van der Waals surface area contributed by atoms with Crippen LogP contribution in [0.4, 0.5) is 0 Å². The second-order valence-corrected chi connectivity index (χ2v) is 7.04. The third-order valence-electron chi connectivity index (χ3n) is 3.45. The Labute approximate surface area is 146 Å². The summed E-state index contributed by atoms with van der Waals surface area (Å²) in [5, 5.41) is 12.5. The van der Waals surface area contributed by atoms with E-state index >= 15 is 0 Å². The quantitative estimate of drug-likeness (QED) is 0.800. The van der Waals surface area contributed by atoms with Crippen LogP contribution in [0.5, 0.6) is 0 Å². The summed E-state index contributed by atoms with van der Waals surface area (Å²) in [6.45, 7) is 2.47. The lowest BCUT2D eigenvalue weighted by Gasteiger charge is -2.12. The molecule has 23 heavy (non-hydrogen) atoms. The van der Waals surface area contributed by atoms with E-state index in [0.29, 0.717) is 11.6 Å². The minimum absolute atomic E-state index is 0.0249. The number of nitrogens with one attached hydrogen (secondary N) is 1. The van der Waals surface area contributed by atoms with Crippen molar-refractivity contribution in [1.82, 2.24) is 5.32 Å². The Kier molecular flexibility index (Phi) is 6.96. The van der Waals surface area contributed by atoms with Gasteiger partial charge in [0.1, 0.15) is 0 Å². The van der Waals surface area contributed by atoms with Gasteiger partial charge in [0.15, 0.2) is 0 Å². The van der Waals surface area contributed by atoms with E-state index in [1.54, 1.807) is 11.8 Å². The fourth-order valence-corrected chi connectivity index (χ4v) is 2.97. The molecular weight excluding hydrogens is 330 g/mol. The molecule has 0 saturated carbocycles. The summed E-state index contributed by atoms with van der Waals surface area (Å²) in [6, 6.07) is 15.2. The van der Waals surface area contributed by atoms with E-state index in [2.05, 4.69) is 5.32 Å². The van der Waals surface area contributed by atoms with E-state index in [-0.39, 0.29) is 17.8 Å². The van der Waals surface area contributed by atoms with Crippen molar-refractivity contribution >= 4 is 29.3 Å². The first kappa shape index (κ1) is 17.9. The number of hydrogen-bond donors (Lipinski definition) is 2. The zero-order chi connectivity index (χ0) is 16.7. The average molecular weight is 350 g/mol. The lowest BCUT2D eigenvalue weighted by atomic mass is 10.2. The number of halogens is 1. The molecule has 0 bridgehead atoms. The third kappa shape index (κ3) is 5.90. The van der Waals surface area contributed by atoms with Crippen LogP contribution in [0.1, 0.15) is 23.6 Å². The van der Waals surface area contributed by atoms with Gasteiger partial charge in [-0.05, 0) is 35.7 Å². The first-order valence-corrected chi connectivity index (χ1v) is 8.83. The smallest absolute Gasteiger partial charge is 0.233 e. The molecule has 3 nitrogen and oxygen atoms in total. The normalized spacial score (nSPS) is 12.0. The minimum atomic E-state index is -0.125. The molecule has 0 aliphatic carbocycles. The van der Waals surface area contributed by atoms with Gasteiger partial charge in [0.2, 0.25) is 5.91 Å². The van der Waals surface area contributed by atoms with Gasteiger partial charge in [-0.15, -0.1) is 11.8 Å². The summed E-state index contributed by atoms with van der Waals surface area (Å²) >= 11 is 7.43. The first-order chi connectivity index (χ1) is 11.1. The van der Waals surface area contributed by atoms with Gasteiger partial charge in [0, 0.05) is 17.3 Å². The topological polar surface area (TPSA) is 49.3 Å². The van der Waals surface area contributed by atoms with Crippen LogP contribution < -0.4 is 5.32 Å². The molecule has 2 aromatic rings. The first-order valence-electron chi connectivity index (χ1n) is 7.41. The van der Waals surface area contributed by atoms with Gasteiger partial charge in [-0.2, -0.15) is 0 Å². The molecule has 1 atom stereocenters. The Morgan fingerprint density at radius 2 is 1.65 bits per heavy atom. The number of amides is 1. The van der Waals surface area contributed by atoms with Crippen molar-refractivity contribution < 1.29 is 9.90 Å². The third-order valence-corrected chi connectivity index (χ3v) is 4.92. The van der Waals surface area contributed by atoms with Gasteiger partial charge in [0.25, 0.3) is 0 Å². The summed E-state index contributed by atoms with van der Waals surface area (Å²) in [7, 11) is 0. The van der Waals surface area contributed by atoms with Crippen LogP contribution in [0.25, 0.3) is 0 Å². The monoisotopic (exact) mass is 349 g/mol. The number of rotatable bonds is 7. The molecule has 0 aliphatic heterocycles. The minimum Gasteiger partial charge on any atom is -0.392 e. The molecule has 0 radical (unpaired) electrons. The molecule has 1 unspecified atom stereocenters. The molecule has 5 heteroatoms. The van der Waals surface area contributed by atoms with Crippen molar-refractivity contribution in [3.05, 3.63) is 70.2 Å². The molecule has 2 N–H and O–H groups in total. The summed E-state index contributed by atoms with van der Waals surface area (Å²) in [5.74, 6) is 0.790. The van der Waals surface area contributed by atoms with Crippen LogP contribution in [-0.2, 0) is 23.7 Å². The van der Waals surface area contributed by atoms with Gasteiger partial charge in [-0.25, -0.2) is 0 Å². The fraction of sp³-hybridized carbons (Fsp3) is 0.278. The maximum Gasteiger partial charge on any atom is 0.233 e. The van der Waals surface area contributed by atoms with E-state index in [4.69, 9.17) is 16.7 Å². The summed E-state index contributed by atoms with van der Waals surface area (Å²) in [4.78, 5) is 12.1. The second-order valence-electron chi connectivity index (χ2n) is 5.27. The molecule has 1 amide bonds. The average Bonchev–Trinajstić information content (AvgIpc) is 2.59. The Bertz CT molecular complexity index is 628. The highest BCUT2D eigenvalue weighted by Crippen LogP contribution is 2.18. The summed E-state index contributed by atoms with van der Waals surface area (Å²) in [5.41, 5.74) is 3.07. The predicted molar refractivity (Wildman–Crippen MR) is 96.4 cm³/mol. The Morgan fingerprint density at radius 3 is 2.26 bits per heavy atom. The van der Waals surface area contributed by atoms with Gasteiger partial charge in [-0.3, -0.25) is 4.79 Å². The van der Waals surface area contributed by atoms with E-state index in [9.17, 15) is 4.79 Å². The number of aliphatic hydroxyl groups excluding tert-OH is 1. The fourth-order valence-electron chi connectivity index (χ4n) is 1.97. The Balaban J connectivity index is 1.76. The van der Waals surface area contributed by atoms with Gasteiger partial charge >= 0.3 is 0 Å². The molecule has 0 aromatic heterocycles. The van der Waals surface area contributed by atoms with Crippen LogP contribution in [0.2, 0.25) is 5.02 Å². The highest BCUT2D eigenvalue weighted by atomic mass is 35.5. The van der Waals surface area contributed by atoms with Crippen LogP contribution in [0.15, 0.2) is 48.5 Å². The van der Waals surface area contributed by atoms with E-state index in [1.165, 1.54) is 0 Å². The molecule has 0 aliphatic rings. The highest BCUT2D eigenvalue weighted by Gasteiger charge is 2.13. The number of carbonyl (C=O) groups excluding carboxylic acids is 1. The SMILES string of the molecule is CC(SCc1ccc(CO)cc1)C(=O)NCc1ccc(Cl)cc1. The van der Waals surface area contributed by atoms with Crippen molar-refractivity contribution in [1.29, 1.82) is 0 Å². The van der Waals surface area contributed by atoms with Crippen LogP contribution in [0, 0.1) is 0 Å². The summed E-state index contributed by atoms with van der Waals surface area (Å²) in [6.07, 6.45) is 0. The molecule has 0 heterocycles. The molecule has 2 rings (SSSR count). The van der Waals surface area contributed by atoms with Crippen molar-refractivity contribution in [3.8, 4) is 0 Å². The molecule has 122 valence electrons. The van der Waals surface area contributed by atoms with Crippen molar-refractivity contribution in [2.45, 2.75) is 31.1 Å². The highest BCUT2D eigenvalue weighted by molar-refractivity contribution is 7.99. The number of benzene rings is 2. The molecule has 0 fully saturated rings. The lowest BCUT2D eigenvalue weighted by molar-refractivity contribution is -0.120. The van der Waals surface area contributed by atoms with Crippen LogP contribution in [0.3, 0.4) is 0 Å². The molecule has 0 spiro atoms. The standard InChI is InChI=1S/C18H20ClNO2S/c1-13(23-12-16-4-2-15(11-21)3-5-16)18(22)20-10-14-6-8-17(19)9-7-14/h2-9,13,21H,10-12H2,1H3,(H,20,22). The van der Waals surface area contributed by atoms with E-state index in [1.807, 2.05) is 55.5 Å². The molecule has 0 saturated heterocycles. The molecule has 2 aromatic carbocycles. The largest absolute Gasteiger partial charge is 0.392 e. The summed E-state index contributed by atoms with van der Waals surface area (Å²) < 4.78 is 0. The van der Waals surface area contributed by atoms with Crippen molar-refractivity contribution in [2.75, 3.05) is 0 Å². The number of hydrogen-bond acceptors (Lipinski definition) is 3. The Morgan fingerprint density at radius 1 is 1.09 bits per heavy atom. The van der Waals surface area contributed by atoms with Crippen molar-refractivity contribution in [3.63, 3.8) is 0 Å². The number of aliphatic hydroxyl groups is 1.